The Morgan fingerprint density at radius 2 is 1.94 bits per heavy atom. The fraction of sp³-hybridized carbons (Fsp3) is 0.467. The van der Waals surface area contributed by atoms with Gasteiger partial charge < -0.3 is 0 Å². The minimum absolute atomic E-state index is 0.174. The van der Waals surface area contributed by atoms with Gasteiger partial charge in [0.05, 0.1) is 11.2 Å². The summed E-state index contributed by atoms with van der Waals surface area (Å²) >= 11 is 0. The van der Waals surface area contributed by atoms with Crippen LogP contribution in [-0.4, -0.2) is 15.4 Å². The molecule has 0 aliphatic carbocycles. The summed E-state index contributed by atoms with van der Waals surface area (Å²) < 4.78 is 1.86. The van der Waals surface area contributed by atoms with Crippen molar-refractivity contribution >= 4 is 11.3 Å². The predicted molar refractivity (Wildman–Crippen MR) is 75.3 cm³/mol. The number of nitrogens with zero attached hydrogens (tertiary/aromatic N) is 2. The molecule has 0 saturated heterocycles. The van der Waals surface area contributed by atoms with Crippen molar-refractivity contribution in [3.8, 4) is 0 Å². The van der Waals surface area contributed by atoms with E-state index in [0.717, 1.165) is 28.9 Å². The third-order valence-corrected chi connectivity index (χ3v) is 2.84. The van der Waals surface area contributed by atoms with Crippen LogP contribution in [0.3, 0.4) is 0 Å². The minimum Gasteiger partial charge on any atom is -0.294 e. The number of Topliss-reactive ketones (excluding diaryl/α,β-unsaturated/α-hetero) is 1. The van der Waals surface area contributed by atoms with E-state index in [1.807, 2.05) is 50.4 Å². The fourth-order valence-corrected chi connectivity index (χ4v) is 1.85. The van der Waals surface area contributed by atoms with Crippen LogP contribution in [0, 0.1) is 6.92 Å². The number of pyridine rings is 1. The SMILES string of the molecule is CC.CCC(=O)c1ccc(C)n2nc(CC)cc12. The molecule has 3 heteroatoms. The van der Waals surface area contributed by atoms with Crippen molar-refractivity contribution in [1.29, 1.82) is 0 Å². The molecule has 0 spiro atoms. The van der Waals surface area contributed by atoms with E-state index in [4.69, 9.17) is 0 Å². The lowest BCUT2D eigenvalue weighted by Gasteiger charge is -2.03. The van der Waals surface area contributed by atoms with Gasteiger partial charge in [-0.1, -0.05) is 27.7 Å². The molecule has 0 aromatic carbocycles. The van der Waals surface area contributed by atoms with Gasteiger partial charge in [-0.15, -0.1) is 0 Å². The Morgan fingerprint density at radius 3 is 2.50 bits per heavy atom. The maximum atomic E-state index is 11.8. The van der Waals surface area contributed by atoms with E-state index < -0.39 is 0 Å². The average Bonchev–Trinajstić information content (AvgIpc) is 2.85. The van der Waals surface area contributed by atoms with Crippen LogP contribution < -0.4 is 0 Å². The van der Waals surface area contributed by atoms with Crippen LogP contribution in [0.5, 0.6) is 0 Å². The molecule has 0 fully saturated rings. The third-order valence-electron chi connectivity index (χ3n) is 2.84. The van der Waals surface area contributed by atoms with Crippen molar-refractivity contribution in [2.45, 2.75) is 47.5 Å². The summed E-state index contributed by atoms with van der Waals surface area (Å²) in [5, 5.41) is 4.47. The molecule has 0 radical (unpaired) electrons. The van der Waals surface area contributed by atoms with Crippen LogP contribution >= 0.6 is 0 Å². The lowest BCUT2D eigenvalue weighted by Crippen LogP contribution is -2.02. The highest BCUT2D eigenvalue weighted by atomic mass is 16.1. The molecule has 0 atom stereocenters. The van der Waals surface area contributed by atoms with Crippen molar-refractivity contribution in [3.05, 3.63) is 35.2 Å². The molecular weight excluding hydrogens is 224 g/mol. The quantitative estimate of drug-likeness (QED) is 0.771. The van der Waals surface area contributed by atoms with Gasteiger partial charge in [0.25, 0.3) is 0 Å². The summed E-state index contributed by atoms with van der Waals surface area (Å²) in [6.45, 7) is 9.95. The number of carbonyl (C=O) groups excluding carboxylic acids is 1. The Hall–Kier alpha value is -1.64. The van der Waals surface area contributed by atoms with Crippen molar-refractivity contribution in [2.24, 2.45) is 0 Å². The average molecular weight is 246 g/mol. The number of aryl methyl sites for hydroxylation is 2. The summed E-state index contributed by atoms with van der Waals surface area (Å²) in [6, 6.07) is 5.86. The number of fused-ring (bicyclic) bond motifs is 1. The van der Waals surface area contributed by atoms with E-state index in [9.17, 15) is 4.79 Å². The van der Waals surface area contributed by atoms with Gasteiger partial charge in [-0.2, -0.15) is 5.10 Å². The van der Waals surface area contributed by atoms with E-state index in [1.165, 1.54) is 0 Å². The Morgan fingerprint density at radius 1 is 1.28 bits per heavy atom. The molecule has 18 heavy (non-hydrogen) atoms. The summed E-state index contributed by atoms with van der Waals surface area (Å²) in [6.07, 6.45) is 1.42. The standard InChI is InChI=1S/C13H16N2O.C2H6/c1-4-10-8-12-11(13(16)5-2)7-6-9(3)15(12)14-10;1-2/h6-8H,4-5H2,1-3H3;1-2H3. The van der Waals surface area contributed by atoms with E-state index in [1.54, 1.807) is 0 Å². The molecule has 0 amide bonds. The van der Waals surface area contributed by atoms with E-state index in [2.05, 4.69) is 12.0 Å². The monoisotopic (exact) mass is 246 g/mol. The van der Waals surface area contributed by atoms with Crippen molar-refractivity contribution in [3.63, 3.8) is 0 Å². The molecule has 3 nitrogen and oxygen atoms in total. The second-order valence-electron chi connectivity index (χ2n) is 3.95. The molecule has 0 saturated carbocycles. The fourth-order valence-electron chi connectivity index (χ4n) is 1.85. The molecule has 0 unspecified atom stereocenters. The second kappa shape index (κ2) is 6.34. The van der Waals surface area contributed by atoms with Gasteiger partial charge in [0.1, 0.15) is 0 Å². The number of aromatic nitrogens is 2. The number of ketones is 1. The first-order valence-electron chi connectivity index (χ1n) is 6.68. The zero-order chi connectivity index (χ0) is 13.7. The Bertz CT molecular complexity index is 541. The normalized spacial score (nSPS) is 10.1. The topological polar surface area (TPSA) is 34.4 Å². The minimum atomic E-state index is 0.174. The summed E-state index contributed by atoms with van der Waals surface area (Å²) in [5.74, 6) is 0.174. The van der Waals surface area contributed by atoms with Crippen LogP contribution in [0.2, 0.25) is 0 Å². The van der Waals surface area contributed by atoms with Crippen LogP contribution in [0.4, 0.5) is 0 Å². The van der Waals surface area contributed by atoms with Crippen molar-refractivity contribution < 1.29 is 4.79 Å². The Balaban J connectivity index is 0.000000771. The van der Waals surface area contributed by atoms with Gasteiger partial charge in [-0.05, 0) is 31.5 Å². The van der Waals surface area contributed by atoms with Gasteiger partial charge in [0.2, 0.25) is 0 Å². The zero-order valence-electron chi connectivity index (χ0n) is 11.9. The van der Waals surface area contributed by atoms with Crippen LogP contribution in [0.1, 0.15) is 55.9 Å². The summed E-state index contributed by atoms with van der Waals surface area (Å²) in [7, 11) is 0. The number of carbonyl (C=O) groups is 1. The van der Waals surface area contributed by atoms with E-state index >= 15 is 0 Å². The molecule has 2 aromatic rings. The number of hydrogen-bond donors (Lipinski definition) is 0. The lowest BCUT2D eigenvalue weighted by molar-refractivity contribution is 0.0989. The molecular formula is C15H22N2O. The summed E-state index contributed by atoms with van der Waals surface area (Å²) in [5.41, 5.74) is 3.80. The third kappa shape index (κ3) is 2.61. The first-order chi connectivity index (χ1) is 8.67. The highest BCUT2D eigenvalue weighted by molar-refractivity contribution is 6.02. The Kier molecular flexibility index (Phi) is 5.08. The second-order valence-corrected chi connectivity index (χ2v) is 3.95. The number of rotatable bonds is 3. The Labute approximate surface area is 109 Å². The van der Waals surface area contributed by atoms with Crippen LogP contribution in [0.15, 0.2) is 18.2 Å². The largest absolute Gasteiger partial charge is 0.294 e. The van der Waals surface area contributed by atoms with E-state index in [0.29, 0.717) is 6.42 Å². The van der Waals surface area contributed by atoms with Crippen molar-refractivity contribution in [1.82, 2.24) is 9.61 Å². The van der Waals surface area contributed by atoms with Crippen molar-refractivity contribution in [2.75, 3.05) is 0 Å². The smallest absolute Gasteiger partial charge is 0.164 e. The van der Waals surface area contributed by atoms with Gasteiger partial charge in [0, 0.05) is 17.7 Å². The highest BCUT2D eigenvalue weighted by Crippen LogP contribution is 2.17. The predicted octanol–water partition coefficient (Wildman–Crippen LogP) is 3.82. The van der Waals surface area contributed by atoms with Gasteiger partial charge in [-0.3, -0.25) is 4.79 Å². The van der Waals surface area contributed by atoms with Gasteiger partial charge in [-0.25, -0.2) is 4.52 Å². The lowest BCUT2D eigenvalue weighted by atomic mass is 10.1. The van der Waals surface area contributed by atoms with Gasteiger partial charge >= 0.3 is 0 Å². The molecule has 0 aliphatic rings. The van der Waals surface area contributed by atoms with Crippen LogP contribution in [0.25, 0.3) is 5.52 Å². The van der Waals surface area contributed by atoms with Crippen LogP contribution in [-0.2, 0) is 6.42 Å². The molecule has 2 aromatic heterocycles. The molecule has 0 aliphatic heterocycles. The molecule has 2 heterocycles. The summed E-state index contributed by atoms with van der Waals surface area (Å²) in [4.78, 5) is 11.8. The molecule has 98 valence electrons. The number of hydrogen-bond acceptors (Lipinski definition) is 2. The molecule has 2 rings (SSSR count). The van der Waals surface area contributed by atoms with Gasteiger partial charge in [0.15, 0.2) is 5.78 Å². The molecule has 0 N–H and O–H groups in total. The first kappa shape index (κ1) is 14.4. The first-order valence-corrected chi connectivity index (χ1v) is 6.68. The zero-order valence-corrected chi connectivity index (χ0v) is 11.9. The van der Waals surface area contributed by atoms with E-state index in [-0.39, 0.29) is 5.78 Å². The highest BCUT2D eigenvalue weighted by Gasteiger charge is 2.11. The maximum Gasteiger partial charge on any atom is 0.164 e. The molecule has 0 bridgehead atoms. The maximum absolute atomic E-state index is 11.8.